The first-order chi connectivity index (χ1) is 6.29. The molecule has 13 heavy (non-hydrogen) atoms. The Morgan fingerprint density at radius 2 is 1.54 bits per heavy atom. The van der Waals surface area contributed by atoms with Gasteiger partial charge in [0.1, 0.15) is 11.5 Å². The lowest BCUT2D eigenvalue weighted by molar-refractivity contribution is 0.318. The molecule has 0 fully saturated rings. The van der Waals surface area contributed by atoms with E-state index in [2.05, 4.69) is 22.6 Å². The minimum absolute atomic E-state index is 0.686. The summed E-state index contributed by atoms with van der Waals surface area (Å²) >= 11 is 2.24. The Morgan fingerprint density at radius 1 is 1.08 bits per heavy atom. The number of halogens is 1. The van der Waals surface area contributed by atoms with E-state index in [1.54, 1.807) is 0 Å². The van der Waals surface area contributed by atoms with Crippen molar-refractivity contribution in [3.63, 3.8) is 0 Å². The zero-order valence-corrected chi connectivity index (χ0v) is 10.00. The van der Waals surface area contributed by atoms with Crippen molar-refractivity contribution in [2.24, 2.45) is 0 Å². The summed E-state index contributed by atoms with van der Waals surface area (Å²) < 4.78 is 11.9. The standard InChI is InChI=1S/C10H13IO2/c1-3-12-8-6-5-7-9(10(8)11)13-4-2/h5-7H,3-4H2,1-2H3. The van der Waals surface area contributed by atoms with Crippen LogP contribution < -0.4 is 9.47 Å². The van der Waals surface area contributed by atoms with Crippen molar-refractivity contribution in [3.8, 4) is 11.5 Å². The molecule has 0 aromatic heterocycles. The minimum atomic E-state index is 0.686. The minimum Gasteiger partial charge on any atom is -0.493 e. The second kappa shape index (κ2) is 5.32. The van der Waals surface area contributed by atoms with Gasteiger partial charge >= 0.3 is 0 Å². The quantitative estimate of drug-likeness (QED) is 0.794. The van der Waals surface area contributed by atoms with Gasteiger partial charge in [-0.2, -0.15) is 0 Å². The summed E-state index contributed by atoms with van der Waals surface area (Å²) in [4.78, 5) is 0. The van der Waals surface area contributed by atoms with Crippen molar-refractivity contribution >= 4 is 22.6 Å². The van der Waals surface area contributed by atoms with E-state index in [9.17, 15) is 0 Å². The lowest BCUT2D eigenvalue weighted by Crippen LogP contribution is -1.98. The molecule has 1 aromatic rings. The topological polar surface area (TPSA) is 18.5 Å². The number of hydrogen-bond donors (Lipinski definition) is 0. The molecule has 0 spiro atoms. The Balaban J connectivity index is 2.89. The van der Waals surface area contributed by atoms with Gasteiger partial charge in [0.05, 0.1) is 16.8 Å². The third-order valence-corrected chi connectivity index (χ3v) is 2.59. The van der Waals surface area contributed by atoms with Gasteiger partial charge in [-0.1, -0.05) is 6.07 Å². The van der Waals surface area contributed by atoms with Crippen molar-refractivity contribution in [2.75, 3.05) is 13.2 Å². The highest BCUT2D eigenvalue weighted by atomic mass is 127. The smallest absolute Gasteiger partial charge is 0.136 e. The Morgan fingerprint density at radius 3 is 1.92 bits per heavy atom. The van der Waals surface area contributed by atoms with Gasteiger partial charge < -0.3 is 9.47 Å². The monoisotopic (exact) mass is 292 g/mol. The number of ether oxygens (including phenoxy) is 2. The molecule has 0 saturated carbocycles. The summed E-state index contributed by atoms with van der Waals surface area (Å²) in [5.74, 6) is 1.79. The predicted octanol–water partition coefficient (Wildman–Crippen LogP) is 3.09. The van der Waals surface area contributed by atoms with E-state index in [0.29, 0.717) is 13.2 Å². The largest absolute Gasteiger partial charge is 0.493 e. The summed E-state index contributed by atoms with van der Waals surface area (Å²) in [6, 6.07) is 5.85. The van der Waals surface area contributed by atoms with Gasteiger partial charge in [0, 0.05) is 0 Å². The normalized spacial score (nSPS) is 9.77. The van der Waals surface area contributed by atoms with Crippen molar-refractivity contribution in [1.29, 1.82) is 0 Å². The van der Waals surface area contributed by atoms with Gasteiger partial charge in [-0.15, -0.1) is 0 Å². The maximum Gasteiger partial charge on any atom is 0.136 e. The molecular weight excluding hydrogens is 279 g/mol. The van der Waals surface area contributed by atoms with Crippen molar-refractivity contribution < 1.29 is 9.47 Å². The van der Waals surface area contributed by atoms with Crippen LogP contribution in [0.15, 0.2) is 18.2 Å². The van der Waals surface area contributed by atoms with E-state index in [-0.39, 0.29) is 0 Å². The van der Waals surface area contributed by atoms with Crippen LogP contribution in [0.1, 0.15) is 13.8 Å². The van der Waals surface area contributed by atoms with E-state index in [1.807, 2.05) is 32.0 Å². The molecule has 0 unspecified atom stereocenters. The first kappa shape index (κ1) is 10.6. The molecule has 0 heterocycles. The average molecular weight is 292 g/mol. The predicted molar refractivity (Wildman–Crippen MR) is 61.5 cm³/mol. The van der Waals surface area contributed by atoms with Crippen LogP contribution in [0.25, 0.3) is 0 Å². The summed E-state index contributed by atoms with van der Waals surface area (Å²) in [6.45, 7) is 5.32. The third-order valence-electron chi connectivity index (χ3n) is 1.53. The zero-order chi connectivity index (χ0) is 9.68. The van der Waals surface area contributed by atoms with E-state index < -0.39 is 0 Å². The van der Waals surface area contributed by atoms with Crippen LogP contribution in [-0.2, 0) is 0 Å². The number of rotatable bonds is 4. The fourth-order valence-corrected chi connectivity index (χ4v) is 1.70. The number of benzene rings is 1. The zero-order valence-electron chi connectivity index (χ0n) is 7.84. The van der Waals surface area contributed by atoms with Crippen LogP contribution in [0.5, 0.6) is 11.5 Å². The molecule has 0 atom stereocenters. The summed E-state index contributed by atoms with van der Waals surface area (Å²) in [5.41, 5.74) is 0. The molecule has 0 aliphatic carbocycles. The molecule has 3 heteroatoms. The molecule has 0 bridgehead atoms. The van der Waals surface area contributed by atoms with E-state index in [1.165, 1.54) is 0 Å². The Kier molecular flexibility index (Phi) is 4.35. The van der Waals surface area contributed by atoms with Crippen LogP contribution in [-0.4, -0.2) is 13.2 Å². The van der Waals surface area contributed by atoms with Crippen molar-refractivity contribution in [2.45, 2.75) is 13.8 Å². The second-order valence-electron chi connectivity index (χ2n) is 2.43. The van der Waals surface area contributed by atoms with Crippen LogP contribution in [0, 0.1) is 3.57 Å². The average Bonchev–Trinajstić information content (AvgIpc) is 2.13. The molecule has 0 radical (unpaired) electrons. The molecule has 0 aliphatic heterocycles. The SMILES string of the molecule is CCOc1cccc(OCC)c1I. The Bertz CT molecular complexity index is 249. The summed E-state index contributed by atoms with van der Waals surface area (Å²) in [6.07, 6.45) is 0. The number of hydrogen-bond acceptors (Lipinski definition) is 2. The molecule has 0 amide bonds. The van der Waals surface area contributed by atoms with Gasteiger partial charge in [-0.3, -0.25) is 0 Å². The van der Waals surface area contributed by atoms with Gasteiger partial charge in [-0.05, 0) is 48.6 Å². The van der Waals surface area contributed by atoms with Crippen LogP contribution in [0.2, 0.25) is 0 Å². The molecule has 0 saturated heterocycles. The van der Waals surface area contributed by atoms with Crippen LogP contribution in [0.4, 0.5) is 0 Å². The summed E-state index contributed by atoms with van der Waals surface area (Å²) in [5, 5.41) is 0. The first-order valence-corrected chi connectivity index (χ1v) is 5.41. The summed E-state index contributed by atoms with van der Waals surface area (Å²) in [7, 11) is 0. The molecule has 1 aromatic carbocycles. The maximum atomic E-state index is 5.44. The molecule has 0 aliphatic rings. The lowest BCUT2D eigenvalue weighted by atomic mass is 10.3. The molecule has 1 rings (SSSR count). The van der Waals surface area contributed by atoms with Gasteiger partial charge in [0.2, 0.25) is 0 Å². The Labute approximate surface area is 92.4 Å². The molecule has 2 nitrogen and oxygen atoms in total. The Hall–Kier alpha value is -0.450. The maximum absolute atomic E-state index is 5.44. The second-order valence-corrected chi connectivity index (χ2v) is 3.51. The van der Waals surface area contributed by atoms with E-state index in [4.69, 9.17) is 9.47 Å². The van der Waals surface area contributed by atoms with Crippen LogP contribution >= 0.6 is 22.6 Å². The first-order valence-electron chi connectivity index (χ1n) is 4.33. The van der Waals surface area contributed by atoms with Gasteiger partial charge in [0.15, 0.2) is 0 Å². The highest BCUT2D eigenvalue weighted by Crippen LogP contribution is 2.29. The van der Waals surface area contributed by atoms with E-state index in [0.717, 1.165) is 15.1 Å². The van der Waals surface area contributed by atoms with E-state index >= 15 is 0 Å². The highest BCUT2D eigenvalue weighted by Gasteiger charge is 2.05. The van der Waals surface area contributed by atoms with Gasteiger partial charge in [0.25, 0.3) is 0 Å². The van der Waals surface area contributed by atoms with Crippen molar-refractivity contribution in [1.82, 2.24) is 0 Å². The van der Waals surface area contributed by atoms with Crippen LogP contribution in [0.3, 0.4) is 0 Å². The fraction of sp³-hybridized carbons (Fsp3) is 0.400. The highest BCUT2D eigenvalue weighted by molar-refractivity contribution is 14.1. The molecule has 72 valence electrons. The lowest BCUT2D eigenvalue weighted by Gasteiger charge is -2.10. The van der Waals surface area contributed by atoms with Gasteiger partial charge in [-0.25, -0.2) is 0 Å². The third kappa shape index (κ3) is 2.76. The molecule has 0 N–H and O–H groups in total. The fourth-order valence-electron chi connectivity index (χ4n) is 1.02. The molecular formula is C10H13IO2. The van der Waals surface area contributed by atoms with Crippen molar-refractivity contribution in [3.05, 3.63) is 21.8 Å².